The number of hydrogen-bond donors (Lipinski definition) is 2. The van der Waals surface area contributed by atoms with E-state index >= 15 is 0 Å². The van der Waals surface area contributed by atoms with E-state index in [-0.39, 0.29) is 5.56 Å². The van der Waals surface area contributed by atoms with Crippen molar-refractivity contribution in [3.05, 3.63) is 35.6 Å². The van der Waals surface area contributed by atoms with Crippen LogP contribution < -0.4 is 11.5 Å². The van der Waals surface area contributed by atoms with Gasteiger partial charge in [0.05, 0.1) is 0 Å². The molecule has 0 aliphatic carbocycles. The first-order chi connectivity index (χ1) is 6.52. The Morgan fingerprint density at radius 3 is 2.21 bits per heavy atom. The summed E-state index contributed by atoms with van der Waals surface area (Å²) in [5.41, 5.74) is 10.1. The first-order valence-corrected chi connectivity index (χ1v) is 3.86. The molecule has 74 valence electrons. The molecule has 0 bridgehead atoms. The van der Waals surface area contributed by atoms with Crippen LogP contribution in [0.15, 0.2) is 24.3 Å². The lowest BCUT2D eigenvalue weighted by molar-refractivity contribution is -0.128. The van der Waals surface area contributed by atoms with Crippen LogP contribution >= 0.6 is 0 Å². The van der Waals surface area contributed by atoms with Crippen molar-refractivity contribution in [2.45, 2.75) is 5.92 Å². The smallest absolute Gasteiger partial charge is 0.234 e. The van der Waals surface area contributed by atoms with Crippen LogP contribution in [0.4, 0.5) is 4.39 Å². The van der Waals surface area contributed by atoms with Crippen LogP contribution in [-0.4, -0.2) is 11.8 Å². The minimum Gasteiger partial charge on any atom is -0.369 e. The SMILES string of the molecule is NC(=O)C(C(N)=O)c1cccc(F)c1. The number of hydrogen-bond acceptors (Lipinski definition) is 2. The topological polar surface area (TPSA) is 86.2 Å². The zero-order chi connectivity index (χ0) is 10.7. The van der Waals surface area contributed by atoms with Gasteiger partial charge in [0.25, 0.3) is 0 Å². The van der Waals surface area contributed by atoms with Gasteiger partial charge in [-0.05, 0) is 17.7 Å². The second-order valence-corrected chi connectivity index (χ2v) is 2.79. The van der Waals surface area contributed by atoms with Crippen molar-refractivity contribution in [3.63, 3.8) is 0 Å². The molecule has 0 aromatic heterocycles. The molecule has 0 fully saturated rings. The fourth-order valence-corrected chi connectivity index (χ4v) is 1.15. The maximum Gasteiger partial charge on any atom is 0.234 e. The van der Waals surface area contributed by atoms with E-state index in [1.165, 1.54) is 18.2 Å². The molecule has 0 heterocycles. The molecule has 0 aliphatic heterocycles. The van der Waals surface area contributed by atoms with Gasteiger partial charge in [-0.15, -0.1) is 0 Å². The predicted molar refractivity (Wildman–Crippen MR) is 47.5 cm³/mol. The van der Waals surface area contributed by atoms with Gasteiger partial charge < -0.3 is 11.5 Å². The minimum absolute atomic E-state index is 0.171. The van der Waals surface area contributed by atoms with E-state index in [0.29, 0.717) is 0 Å². The standard InChI is InChI=1S/C9H9FN2O2/c10-6-3-1-2-5(4-6)7(8(11)13)9(12)14/h1-4,7H,(H2,11,13)(H2,12,14). The number of halogens is 1. The van der Waals surface area contributed by atoms with Gasteiger partial charge in [-0.3, -0.25) is 9.59 Å². The Kier molecular flexibility index (Phi) is 2.81. The Morgan fingerprint density at radius 1 is 1.21 bits per heavy atom. The van der Waals surface area contributed by atoms with E-state index in [0.717, 1.165) is 6.07 Å². The van der Waals surface area contributed by atoms with Gasteiger partial charge in [0.1, 0.15) is 11.7 Å². The highest BCUT2D eigenvalue weighted by molar-refractivity contribution is 6.04. The molecule has 0 atom stereocenters. The van der Waals surface area contributed by atoms with E-state index < -0.39 is 23.5 Å². The van der Waals surface area contributed by atoms with Crippen molar-refractivity contribution in [3.8, 4) is 0 Å². The maximum atomic E-state index is 12.8. The molecule has 0 saturated heterocycles. The fraction of sp³-hybridized carbons (Fsp3) is 0.111. The zero-order valence-corrected chi connectivity index (χ0v) is 7.24. The second kappa shape index (κ2) is 3.87. The van der Waals surface area contributed by atoms with E-state index in [9.17, 15) is 14.0 Å². The van der Waals surface area contributed by atoms with Gasteiger partial charge in [-0.25, -0.2) is 4.39 Å². The molecule has 4 N–H and O–H groups in total. The summed E-state index contributed by atoms with van der Waals surface area (Å²) in [7, 11) is 0. The molecule has 1 rings (SSSR count). The quantitative estimate of drug-likeness (QED) is 0.660. The number of benzene rings is 1. The molecular formula is C9H9FN2O2. The summed E-state index contributed by atoms with van der Waals surface area (Å²) in [5, 5.41) is 0. The molecule has 0 unspecified atom stereocenters. The van der Waals surface area contributed by atoms with Crippen molar-refractivity contribution < 1.29 is 14.0 Å². The minimum atomic E-state index is -1.27. The Balaban J connectivity index is 3.12. The van der Waals surface area contributed by atoms with Crippen LogP contribution in [0.2, 0.25) is 0 Å². The Morgan fingerprint density at radius 2 is 1.79 bits per heavy atom. The molecule has 0 spiro atoms. The van der Waals surface area contributed by atoms with E-state index in [4.69, 9.17) is 11.5 Å². The number of carbonyl (C=O) groups is 2. The van der Waals surface area contributed by atoms with E-state index in [1.807, 2.05) is 0 Å². The van der Waals surface area contributed by atoms with Crippen molar-refractivity contribution in [1.29, 1.82) is 0 Å². The largest absolute Gasteiger partial charge is 0.369 e. The van der Waals surface area contributed by atoms with E-state index in [2.05, 4.69) is 0 Å². The Labute approximate surface area is 79.7 Å². The predicted octanol–water partition coefficient (Wildman–Crippen LogP) is -0.120. The van der Waals surface area contributed by atoms with Crippen molar-refractivity contribution in [2.24, 2.45) is 11.5 Å². The molecular weight excluding hydrogens is 187 g/mol. The van der Waals surface area contributed by atoms with Gasteiger partial charge in [-0.1, -0.05) is 12.1 Å². The number of primary amides is 2. The van der Waals surface area contributed by atoms with Crippen molar-refractivity contribution in [1.82, 2.24) is 0 Å². The molecule has 14 heavy (non-hydrogen) atoms. The van der Waals surface area contributed by atoms with Crippen LogP contribution in [0.1, 0.15) is 11.5 Å². The highest BCUT2D eigenvalue weighted by atomic mass is 19.1. The number of amides is 2. The first kappa shape index (κ1) is 10.2. The third-order valence-corrected chi connectivity index (χ3v) is 1.75. The summed E-state index contributed by atoms with van der Waals surface area (Å²) < 4.78 is 12.8. The average molecular weight is 196 g/mol. The van der Waals surface area contributed by atoms with Gasteiger partial charge in [-0.2, -0.15) is 0 Å². The van der Waals surface area contributed by atoms with Crippen molar-refractivity contribution >= 4 is 11.8 Å². The average Bonchev–Trinajstić information content (AvgIpc) is 2.02. The summed E-state index contributed by atoms with van der Waals surface area (Å²) in [6, 6.07) is 5.05. The molecule has 2 amide bonds. The van der Waals surface area contributed by atoms with Crippen LogP contribution in [0.3, 0.4) is 0 Å². The molecule has 0 radical (unpaired) electrons. The lowest BCUT2D eigenvalue weighted by atomic mass is 9.98. The molecule has 4 nitrogen and oxygen atoms in total. The Hall–Kier alpha value is -1.91. The van der Waals surface area contributed by atoms with Gasteiger partial charge in [0, 0.05) is 0 Å². The third-order valence-electron chi connectivity index (χ3n) is 1.75. The summed E-state index contributed by atoms with van der Waals surface area (Å²) in [5.74, 6) is -3.59. The molecule has 0 saturated carbocycles. The molecule has 5 heteroatoms. The second-order valence-electron chi connectivity index (χ2n) is 2.79. The van der Waals surface area contributed by atoms with E-state index in [1.54, 1.807) is 0 Å². The molecule has 1 aromatic carbocycles. The van der Waals surface area contributed by atoms with Gasteiger partial charge in [0.15, 0.2) is 0 Å². The number of nitrogens with two attached hydrogens (primary N) is 2. The number of carbonyl (C=O) groups excluding carboxylic acids is 2. The summed E-state index contributed by atoms with van der Waals surface area (Å²) in [4.78, 5) is 21.7. The summed E-state index contributed by atoms with van der Waals surface area (Å²) in [6.45, 7) is 0. The summed E-state index contributed by atoms with van der Waals surface area (Å²) in [6.07, 6.45) is 0. The molecule has 0 aliphatic rings. The van der Waals surface area contributed by atoms with Gasteiger partial charge in [0.2, 0.25) is 11.8 Å². The first-order valence-electron chi connectivity index (χ1n) is 3.86. The third kappa shape index (κ3) is 2.07. The fourth-order valence-electron chi connectivity index (χ4n) is 1.15. The van der Waals surface area contributed by atoms with Crippen LogP contribution in [0.5, 0.6) is 0 Å². The summed E-state index contributed by atoms with van der Waals surface area (Å²) >= 11 is 0. The van der Waals surface area contributed by atoms with Crippen LogP contribution in [0, 0.1) is 5.82 Å². The molecule has 1 aromatic rings. The van der Waals surface area contributed by atoms with Gasteiger partial charge >= 0.3 is 0 Å². The Bertz CT molecular complexity index is 365. The highest BCUT2D eigenvalue weighted by Gasteiger charge is 2.23. The highest BCUT2D eigenvalue weighted by Crippen LogP contribution is 2.15. The monoisotopic (exact) mass is 196 g/mol. The van der Waals surface area contributed by atoms with Crippen molar-refractivity contribution in [2.75, 3.05) is 0 Å². The normalized spacial score (nSPS) is 10.1. The lowest BCUT2D eigenvalue weighted by Crippen LogP contribution is -2.33. The van der Waals surface area contributed by atoms with Crippen LogP contribution in [-0.2, 0) is 9.59 Å². The maximum absolute atomic E-state index is 12.8. The zero-order valence-electron chi connectivity index (χ0n) is 7.24. The number of rotatable bonds is 3. The van der Waals surface area contributed by atoms with Crippen LogP contribution in [0.25, 0.3) is 0 Å². The lowest BCUT2D eigenvalue weighted by Gasteiger charge is -2.08.